The highest BCUT2D eigenvalue weighted by molar-refractivity contribution is 7.85. The van der Waals surface area contributed by atoms with E-state index in [1.165, 1.54) is 0 Å². The fourth-order valence-electron chi connectivity index (χ4n) is 4.57. The van der Waals surface area contributed by atoms with Crippen molar-refractivity contribution in [1.29, 1.82) is 0 Å². The first-order chi connectivity index (χ1) is 15.1. The minimum absolute atomic E-state index is 0.0463. The fourth-order valence-corrected chi connectivity index (χ4v) is 5.97. The minimum atomic E-state index is -1.10. The summed E-state index contributed by atoms with van der Waals surface area (Å²) in [5.41, 5.74) is 1.55. The van der Waals surface area contributed by atoms with E-state index in [1.54, 1.807) is 12.4 Å². The molecule has 0 bridgehead atoms. The smallest absolute Gasteiger partial charge is 0.227 e. The van der Waals surface area contributed by atoms with Crippen molar-refractivity contribution in [3.63, 3.8) is 0 Å². The Balaban J connectivity index is 1.42. The average molecular weight is 461 g/mol. The molecule has 0 spiro atoms. The average Bonchev–Trinajstić information content (AvgIpc) is 3.42. The summed E-state index contributed by atoms with van der Waals surface area (Å²) in [6.45, 7) is 1.43. The van der Waals surface area contributed by atoms with Crippen LogP contribution in [0.4, 0.5) is 11.8 Å². The van der Waals surface area contributed by atoms with Crippen molar-refractivity contribution in [2.45, 2.75) is 49.0 Å². The quantitative estimate of drug-likeness (QED) is 0.701. The molecule has 2 aliphatic heterocycles. The van der Waals surface area contributed by atoms with Gasteiger partial charge < -0.3 is 15.3 Å². The van der Waals surface area contributed by atoms with Crippen molar-refractivity contribution in [3.8, 4) is 0 Å². The molecule has 10 heteroatoms. The molecular weight excluding hydrogens is 436 g/mol. The molecule has 1 aliphatic carbocycles. The molecule has 2 aromatic rings. The van der Waals surface area contributed by atoms with Gasteiger partial charge in [-0.2, -0.15) is 4.98 Å². The number of nitrogens with one attached hydrogen (secondary N) is 1. The van der Waals surface area contributed by atoms with Crippen molar-refractivity contribution < 1.29 is 9.32 Å². The molecule has 164 valence electrons. The maximum Gasteiger partial charge on any atom is 0.227 e. The van der Waals surface area contributed by atoms with Crippen molar-refractivity contribution in [1.82, 2.24) is 19.9 Å². The monoisotopic (exact) mass is 460 g/mol. The zero-order valence-corrected chi connectivity index (χ0v) is 18.8. The third-order valence-corrected chi connectivity index (χ3v) is 7.98. The molecule has 0 unspecified atom stereocenters. The molecule has 0 aromatic carbocycles. The van der Waals surface area contributed by atoms with Gasteiger partial charge in [-0.15, -0.1) is 0 Å². The van der Waals surface area contributed by atoms with Crippen LogP contribution in [0.1, 0.15) is 43.6 Å². The molecule has 31 heavy (non-hydrogen) atoms. The van der Waals surface area contributed by atoms with Gasteiger partial charge in [0.05, 0.1) is 33.7 Å². The van der Waals surface area contributed by atoms with Crippen LogP contribution in [-0.4, -0.2) is 60.2 Å². The van der Waals surface area contributed by atoms with Crippen LogP contribution in [0.3, 0.4) is 0 Å². The normalized spacial score (nSPS) is 22.3. The van der Waals surface area contributed by atoms with Crippen LogP contribution >= 0.6 is 11.6 Å². The Morgan fingerprint density at radius 1 is 1.19 bits per heavy atom. The highest BCUT2D eigenvalue weighted by atomic mass is 35.5. The summed E-state index contributed by atoms with van der Waals surface area (Å²) in [6.07, 6.45) is 10.7. The van der Waals surface area contributed by atoms with Crippen LogP contribution in [0.5, 0.6) is 0 Å². The standard InChI is InChI=1S/C21H25ClN6O2S/c22-15-11-23-18(24-12-15)14-3-8-28(9-4-14)20-25-16-5-10-31(30)17(16)19(26-20)27-21(13-29)6-1-2-7-21/h3,11-12,29H,1-2,4-10,13H2,(H,25,26,27)/t31-/m0/s1. The number of hydrogen-bond donors (Lipinski definition) is 2. The largest absolute Gasteiger partial charge is 0.394 e. The second kappa shape index (κ2) is 8.44. The lowest BCUT2D eigenvalue weighted by Crippen LogP contribution is -2.40. The highest BCUT2D eigenvalue weighted by Gasteiger charge is 2.36. The third kappa shape index (κ3) is 4.06. The number of anilines is 2. The summed E-state index contributed by atoms with van der Waals surface area (Å²) in [4.78, 5) is 21.0. The Kier molecular flexibility index (Phi) is 5.66. The van der Waals surface area contributed by atoms with E-state index in [0.717, 1.165) is 49.9 Å². The van der Waals surface area contributed by atoms with Crippen LogP contribution in [0.15, 0.2) is 23.4 Å². The second-order valence-electron chi connectivity index (χ2n) is 8.37. The molecule has 5 rings (SSSR count). The summed E-state index contributed by atoms with van der Waals surface area (Å²) in [7, 11) is -1.10. The number of nitrogens with zero attached hydrogens (tertiary/aromatic N) is 5. The molecule has 2 aromatic heterocycles. The van der Waals surface area contributed by atoms with Gasteiger partial charge in [0.2, 0.25) is 5.95 Å². The molecule has 8 nitrogen and oxygen atoms in total. The lowest BCUT2D eigenvalue weighted by molar-refractivity contribution is 0.213. The molecule has 0 amide bonds. The molecule has 3 aliphatic rings. The Hall–Kier alpha value is -2.10. The Labute approximate surface area is 188 Å². The van der Waals surface area contributed by atoms with Crippen LogP contribution < -0.4 is 10.2 Å². The third-order valence-electron chi connectivity index (χ3n) is 6.32. The molecule has 1 saturated carbocycles. The number of aliphatic hydroxyl groups excluding tert-OH is 1. The van der Waals surface area contributed by atoms with E-state index in [1.807, 2.05) is 0 Å². The van der Waals surface area contributed by atoms with Crippen molar-refractivity contribution >= 4 is 39.7 Å². The van der Waals surface area contributed by atoms with Gasteiger partial charge in [-0.3, -0.25) is 4.21 Å². The molecule has 0 saturated heterocycles. The molecule has 1 fully saturated rings. The van der Waals surface area contributed by atoms with Crippen molar-refractivity contribution in [2.24, 2.45) is 0 Å². The first kappa shape index (κ1) is 20.8. The number of aromatic nitrogens is 4. The highest BCUT2D eigenvalue weighted by Crippen LogP contribution is 2.37. The molecule has 1 atom stereocenters. The van der Waals surface area contributed by atoms with Gasteiger partial charge in [0.15, 0.2) is 5.82 Å². The van der Waals surface area contributed by atoms with Gasteiger partial charge in [-0.25, -0.2) is 15.0 Å². The molecular formula is C21H25ClN6O2S. The number of rotatable bonds is 5. The number of fused-ring (bicyclic) bond motifs is 1. The lowest BCUT2D eigenvalue weighted by atomic mass is 9.99. The predicted octanol–water partition coefficient (Wildman–Crippen LogP) is 2.59. The summed E-state index contributed by atoms with van der Waals surface area (Å²) < 4.78 is 12.6. The summed E-state index contributed by atoms with van der Waals surface area (Å²) >= 11 is 5.89. The van der Waals surface area contributed by atoms with E-state index >= 15 is 0 Å². The van der Waals surface area contributed by atoms with Gasteiger partial charge in [0.25, 0.3) is 0 Å². The maximum absolute atomic E-state index is 12.6. The first-order valence-electron chi connectivity index (χ1n) is 10.7. The second-order valence-corrected chi connectivity index (χ2v) is 10.3. The summed E-state index contributed by atoms with van der Waals surface area (Å²) in [5, 5.41) is 14.1. The Morgan fingerprint density at radius 2 is 1.97 bits per heavy atom. The van der Waals surface area contributed by atoms with E-state index in [0.29, 0.717) is 46.2 Å². The lowest BCUT2D eigenvalue weighted by Gasteiger charge is -2.31. The van der Waals surface area contributed by atoms with Gasteiger partial charge in [-0.05, 0) is 24.8 Å². The van der Waals surface area contributed by atoms with Gasteiger partial charge >= 0.3 is 0 Å². The van der Waals surface area contributed by atoms with Gasteiger partial charge in [0.1, 0.15) is 10.7 Å². The van der Waals surface area contributed by atoms with Crippen molar-refractivity contribution in [2.75, 3.05) is 35.7 Å². The zero-order valence-electron chi connectivity index (χ0n) is 17.2. The van der Waals surface area contributed by atoms with Gasteiger partial charge in [0, 0.05) is 37.7 Å². The number of hydrogen-bond acceptors (Lipinski definition) is 8. The van der Waals surface area contributed by atoms with Crippen LogP contribution in [0.25, 0.3) is 5.57 Å². The zero-order chi connectivity index (χ0) is 21.4. The number of aryl methyl sites for hydroxylation is 1. The summed E-state index contributed by atoms with van der Waals surface area (Å²) in [6, 6.07) is 0. The molecule has 0 radical (unpaired) electrons. The van der Waals surface area contributed by atoms with Crippen molar-refractivity contribution in [3.05, 3.63) is 35.0 Å². The Bertz CT molecular complexity index is 1040. The van der Waals surface area contributed by atoms with Gasteiger partial charge in [-0.1, -0.05) is 30.5 Å². The Morgan fingerprint density at radius 3 is 2.65 bits per heavy atom. The van der Waals surface area contributed by atoms with E-state index < -0.39 is 10.8 Å². The SMILES string of the molecule is O=[S@]1CCc2nc(N3CC=C(c4ncc(Cl)cn4)CC3)nc(NC3(CO)CCCC3)c21. The molecule has 4 heterocycles. The topological polar surface area (TPSA) is 104 Å². The molecule has 2 N–H and O–H groups in total. The number of aliphatic hydroxyl groups is 1. The van der Waals surface area contributed by atoms with E-state index in [2.05, 4.69) is 26.3 Å². The fraction of sp³-hybridized carbons (Fsp3) is 0.524. The minimum Gasteiger partial charge on any atom is -0.394 e. The van der Waals surface area contributed by atoms with Crippen LogP contribution in [-0.2, 0) is 17.2 Å². The number of halogens is 1. The van der Waals surface area contributed by atoms with Crippen LogP contribution in [0, 0.1) is 0 Å². The summed E-state index contributed by atoms with van der Waals surface area (Å²) in [5.74, 6) is 2.54. The maximum atomic E-state index is 12.6. The van der Waals surface area contributed by atoms with E-state index in [4.69, 9.17) is 21.6 Å². The van der Waals surface area contributed by atoms with E-state index in [9.17, 15) is 9.32 Å². The van der Waals surface area contributed by atoms with Crippen LogP contribution in [0.2, 0.25) is 5.02 Å². The van der Waals surface area contributed by atoms with E-state index in [-0.39, 0.29) is 12.1 Å². The predicted molar refractivity (Wildman–Crippen MR) is 121 cm³/mol. The first-order valence-corrected chi connectivity index (χ1v) is 12.4.